The highest BCUT2D eigenvalue weighted by Crippen LogP contribution is 2.32. The predicted molar refractivity (Wildman–Crippen MR) is 67.2 cm³/mol. The van der Waals surface area contributed by atoms with Gasteiger partial charge in [0.25, 0.3) is 0 Å². The number of aromatic nitrogens is 1. The van der Waals surface area contributed by atoms with Crippen LogP contribution in [0.3, 0.4) is 0 Å². The molecule has 0 saturated carbocycles. The van der Waals surface area contributed by atoms with Crippen LogP contribution in [0.25, 0.3) is 0 Å². The third-order valence-corrected chi connectivity index (χ3v) is 3.98. The molecule has 3 rings (SSSR count). The first-order chi connectivity index (χ1) is 8.88. The van der Waals surface area contributed by atoms with E-state index in [1.807, 2.05) is 12.3 Å². The van der Waals surface area contributed by atoms with E-state index >= 15 is 0 Å². The van der Waals surface area contributed by atoms with Crippen molar-refractivity contribution in [2.45, 2.75) is 31.0 Å². The Kier molecular flexibility index (Phi) is 3.24. The Morgan fingerprint density at radius 1 is 1.44 bits per heavy atom. The van der Waals surface area contributed by atoms with Gasteiger partial charge in [-0.25, -0.2) is 0 Å². The van der Waals surface area contributed by atoms with Crippen molar-refractivity contribution >= 4 is 0 Å². The standard InChI is InChI=1S/C13H17N5/c14-4-3-11-10-6-12(9-2-1-5-15-7-9)16-8-13(10)18-17-11/h1-2,5,7,10-13,16-18H,3,6,8H2. The number of piperidine rings is 1. The van der Waals surface area contributed by atoms with E-state index < -0.39 is 0 Å². The Labute approximate surface area is 107 Å². The molecule has 0 bridgehead atoms. The summed E-state index contributed by atoms with van der Waals surface area (Å²) in [5.41, 5.74) is 7.76. The van der Waals surface area contributed by atoms with Crippen molar-refractivity contribution in [2.75, 3.05) is 6.54 Å². The minimum atomic E-state index is 0.265. The molecule has 0 aromatic carbocycles. The van der Waals surface area contributed by atoms with E-state index in [1.54, 1.807) is 6.20 Å². The molecule has 0 amide bonds. The lowest BCUT2D eigenvalue weighted by Gasteiger charge is -2.33. The molecule has 5 nitrogen and oxygen atoms in total. The number of nitrogens with one attached hydrogen (secondary N) is 3. The molecule has 5 heteroatoms. The molecule has 0 spiro atoms. The predicted octanol–water partition coefficient (Wildman–Crippen LogP) is 0.491. The molecule has 2 aliphatic rings. The topological polar surface area (TPSA) is 72.8 Å². The van der Waals surface area contributed by atoms with Crippen molar-refractivity contribution in [1.82, 2.24) is 21.2 Å². The first-order valence-corrected chi connectivity index (χ1v) is 6.40. The summed E-state index contributed by atoms with van der Waals surface area (Å²) in [4.78, 5) is 4.18. The van der Waals surface area contributed by atoms with E-state index in [9.17, 15) is 0 Å². The van der Waals surface area contributed by atoms with Gasteiger partial charge in [0.1, 0.15) is 0 Å². The summed E-state index contributed by atoms with van der Waals surface area (Å²) in [6, 6.07) is 7.39. The van der Waals surface area contributed by atoms with Crippen molar-refractivity contribution in [3.8, 4) is 6.07 Å². The Morgan fingerprint density at radius 3 is 3.17 bits per heavy atom. The quantitative estimate of drug-likeness (QED) is 0.705. The number of hydrogen-bond donors (Lipinski definition) is 3. The lowest BCUT2D eigenvalue weighted by molar-refractivity contribution is 0.266. The molecule has 4 unspecified atom stereocenters. The van der Waals surface area contributed by atoms with Crippen LogP contribution in [0.4, 0.5) is 0 Å². The number of hydrogen-bond acceptors (Lipinski definition) is 5. The molecule has 1 aromatic rings. The van der Waals surface area contributed by atoms with Crippen LogP contribution in [0.2, 0.25) is 0 Å². The van der Waals surface area contributed by atoms with Crippen molar-refractivity contribution in [3.05, 3.63) is 30.1 Å². The van der Waals surface area contributed by atoms with Crippen LogP contribution in [0.5, 0.6) is 0 Å². The Hall–Kier alpha value is -1.48. The molecule has 3 N–H and O–H groups in total. The molecule has 94 valence electrons. The van der Waals surface area contributed by atoms with Crippen molar-refractivity contribution < 1.29 is 0 Å². The molecule has 2 saturated heterocycles. The van der Waals surface area contributed by atoms with Gasteiger partial charge in [-0.2, -0.15) is 5.26 Å². The third kappa shape index (κ3) is 2.10. The van der Waals surface area contributed by atoms with E-state index in [0.29, 0.717) is 24.4 Å². The Balaban J connectivity index is 1.73. The average Bonchev–Trinajstić information content (AvgIpc) is 2.83. The summed E-state index contributed by atoms with van der Waals surface area (Å²) in [6.45, 7) is 0.930. The van der Waals surface area contributed by atoms with E-state index in [-0.39, 0.29) is 6.04 Å². The molecular formula is C13H17N5. The van der Waals surface area contributed by atoms with Crippen LogP contribution in [0, 0.1) is 17.2 Å². The summed E-state index contributed by atoms with van der Waals surface area (Å²) >= 11 is 0. The highest BCUT2D eigenvalue weighted by atomic mass is 15.4. The van der Waals surface area contributed by atoms with E-state index in [2.05, 4.69) is 33.3 Å². The lowest BCUT2D eigenvalue weighted by atomic mass is 9.82. The van der Waals surface area contributed by atoms with Crippen LogP contribution in [0.15, 0.2) is 24.5 Å². The van der Waals surface area contributed by atoms with Gasteiger partial charge in [0.05, 0.1) is 12.5 Å². The average molecular weight is 243 g/mol. The monoisotopic (exact) mass is 243 g/mol. The molecule has 18 heavy (non-hydrogen) atoms. The van der Waals surface area contributed by atoms with Crippen LogP contribution in [-0.4, -0.2) is 23.6 Å². The smallest absolute Gasteiger partial charge is 0.0638 e. The normalized spacial score (nSPS) is 34.8. The zero-order valence-electron chi connectivity index (χ0n) is 10.1. The van der Waals surface area contributed by atoms with E-state index in [1.165, 1.54) is 5.56 Å². The molecule has 3 heterocycles. The molecule has 1 aromatic heterocycles. The van der Waals surface area contributed by atoms with Crippen molar-refractivity contribution in [1.29, 1.82) is 5.26 Å². The summed E-state index contributed by atoms with van der Waals surface area (Å²) in [5.74, 6) is 0.510. The Morgan fingerprint density at radius 2 is 2.39 bits per heavy atom. The maximum absolute atomic E-state index is 8.86. The first kappa shape index (κ1) is 11.6. The zero-order valence-corrected chi connectivity index (χ0v) is 10.1. The van der Waals surface area contributed by atoms with Crippen LogP contribution >= 0.6 is 0 Å². The number of fused-ring (bicyclic) bond motifs is 1. The summed E-state index contributed by atoms with van der Waals surface area (Å²) in [6.07, 6.45) is 5.33. The number of hydrazine groups is 1. The summed E-state index contributed by atoms with van der Waals surface area (Å²) in [5, 5.41) is 12.4. The van der Waals surface area contributed by atoms with Crippen molar-refractivity contribution in [3.63, 3.8) is 0 Å². The van der Waals surface area contributed by atoms with Gasteiger partial charge >= 0.3 is 0 Å². The second kappa shape index (κ2) is 5.02. The van der Waals surface area contributed by atoms with Crippen molar-refractivity contribution in [2.24, 2.45) is 5.92 Å². The van der Waals surface area contributed by atoms with E-state index in [4.69, 9.17) is 5.26 Å². The summed E-state index contributed by atoms with van der Waals surface area (Å²) in [7, 11) is 0. The van der Waals surface area contributed by atoms with Gasteiger partial charge in [0.15, 0.2) is 0 Å². The zero-order chi connectivity index (χ0) is 12.4. The van der Waals surface area contributed by atoms with Gasteiger partial charge in [-0.3, -0.25) is 15.8 Å². The number of nitrogens with zero attached hydrogens (tertiary/aromatic N) is 2. The van der Waals surface area contributed by atoms with Crippen LogP contribution < -0.4 is 16.2 Å². The molecule has 2 aliphatic heterocycles. The molecule has 0 aliphatic carbocycles. The van der Waals surface area contributed by atoms with E-state index in [0.717, 1.165) is 13.0 Å². The number of pyridine rings is 1. The maximum atomic E-state index is 8.86. The van der Waals surface area contributed by atoms with Gasteiger partial charge in [0, 0.05) is 37.1 Å². The van der Waals surface area contributed by atoms with Gasteiger partial charge in [0.2, 0.25) is 0 Å². The minimum absolute atomic E-state index is 0.265. The first-order valence-electron chi connectivity index (χ1n) is 6.40. The van der Waals surface area contributed by atoms with Gasteiger partial charge in [-0.1, -0.05) is 6.07 Å². The highest BCUT2D eigenvalue weighted by molar-refractivity contribution is 5.16. The fraction of sp³-hybridized carbons (Fsp3) is 0.538. The molecular weight excluding hydrogens is 226 g/mol. The Bertz CT molecular complexity index is 440. The third-order valence-electron chi connectivity index (χ3n) is 3.98. The fourth-order valence-electron chi connectivity index (χ4n) is 3.00. The molecule has 4 atom stereocenters. The summed E-state index contributed by atoms with van der Waals surface area (Å²) < 4.78 is 0. The van der Waals surface area contributed by atoms with Crippen LogP contribution in [-0.2, 0) is 0 Å². The largest absolute Gasteiger partial charge is 0.308 e. The van der Waals surface area contributed by atoms with Gasteiger partial charge < -0.3 is 5.32 Å². The fourth-order valence-corrected chi connectivity index (χ4v) is 3.00. The molecule has 2 fully saturated rings. The second-order valence-corrected chi connectivity index (χ2v) is 5.01. The van der Waals surface area contributed by atoms with Gasteiger partial charge in [-0.15, -0.1) is 0 Å². The molecule has 0 radical (unpaired) electrons. The maximum Gasteiger partial charge on any atom is 0.0638 e. The highest BCUT2D eigenvalue weighted by Gasteiger charge is 2.40. The van der Waals surface area contributed by atoms with Gasteiger partial charge in [-0.05, 0) is 24.0 Å². The SMILES string of the molecule is N#CCC1NNC2CNC(c3cccnc3)CC12. The number of nitriles is 1. The number of rotatable bonds is 2. The minimum Gasteiger partial charge on any atom is -0.308 e. The lowest BCUT2D eigenvalue weighted by Crippen LogP contribution is -2.46. The van der Waals surface area contributed by atoms with Crippen LogP contribution in [0.1, 0.15) is 24.4 Å². The second-order valence-electron chi connectivity index (χ2n) is 5.01.